The lowest BCUT2D eigenvalue weighted by Gasteiger charge is -2.04. The van der Waals surface area contributed by atoms with Crippen LogP contribution in [0, 0.1) is 0 Å². The number of nitrogens with two attached hydrogens (primary N) is 1. The molecule has 1 heterocycles. The van der Waals surface area contributed by atoms with Gasteiger partial charge in [0.1, 0.15) is 0 Å². The fourth-order valence-corrected chi connectivity index (χ4v) is 2.45. The zero-order chi connectivity index (χ0) is 11.1. The van der Waals surface area contributed by atoms with Crippen LogP contribution in [-0.4, -0.2) is 29.4 Å². The van der Waals surface area contributed by atoms with E-state index in [9.17, 15) is 4.79 Å². The van der Waals surface area contributed by atoms with E-state index in [0.29, 0.717) is 12.5 Å². The second kappa shape index (κ2) is 6.71. The minimum Gasteiger partial charge on any atom is -0.370 e. The summed E-state index contributed by atoms with van der Waals surface area (Å²) < 4.78 is 0. The molecule has 0 radical (unpaired) electrons. The molecule has 0 saturated carbocycles. The molecule has 86 valence electrons. The maximum atomic E-state index is 10.5. The maximum absolute atomic E-state index is 10.5. The number of rotatable bonds is 6. The predicted octanol–water partition coefficient (Wildman–Crippen LogP) is 1.11. The summed E-state index contributed by atoms with van der Waals surface area (Å²) in [5, 5.41) is 4.42. The molecule has 1 fully saturated rings. The first kappa shape index (κ1) is 12.4. The Balaban J connectivity index is 2.08. The summed E-state index contributed by atoms with van der Waals surface area (Å²) in [7, 11) is 0. The zero-order valence-corrected chi connectivity index (χ0v) is 9.98. The van der Waals surface area contributed by atoms with Gasteiger partial charge in [0.2, 0.25) is 5.91 Å². The summed E-state index contributed by atoms with van der Waals surface area (Å²) in [6, 6.07) is 0.583. The van der Waals surface area contributed by atoms with Gasteiger partial charge in [-0.15, -0.1) is 0 Å². The van der Waals surface area contributed by atoms with Crippen molar-refractivity contribution in [2.45, 2.75) is 38.6 Å². The quantitative estimate of drug-likeness (QED) is 0.671. The van der Waals surface area contributed by atoms with Crippen molar-refractivity contribution in [3.63, 3.8) is 0 Å². The Morgan fingerprint density at radius 2 is 2.47 bits per heavy atom. The van der Waals surface area contributed by atoms with E-state index in [1.54, 1.807) is 11.8 Å². The van der Waals surface area contributed by atoms with Crippen molar-refractivity contribution >= 4 is 22.8 Å². The zero-order valence-electron chi connectivity index (χ0n) is 9.16. The number of nitrogens with zero attached hydrogens (tertiary/aromatic N) is 1. The molecule has 5 heteroatoms. The summed E-state index contributed by atoms with van der Waals surface area (Å²) in [4.78, 5) is 14.9. The highest BCUT2D eigenvalue weighted by Crippen LogP contribution is 2.15. The van der Waals surface area contributed by atoms with Gasteiger partial charge >= 0.3 is 0 Å². The third kappa shape index (κ3) is 5.06. The number of thioether (sulfide) groups is 1. The van der Waals surface area contributed by atoms with Crippen molar-refractivity contribution in [1.82, 2.24) is 5.32 Å². The highest BCUT2D eigenvalue weighted by Gasteiger charge is 2.17. The van der Waals surface area contributed by atoms with Crippen molar-refractivity contribution in [2.75, 3.05) is 12.3 Å². The van der Waals surface area contributed by atoms with Gasteiger partial charge in [0.05, 0.1) is 0 Å². The van der Waals surface area contributed by atoms with Crippen LogP contribution in [0.25, 0.3) is 0 Å². The first-order valence-electron chi connectivity index (χ1n) is 5.44. The lowest BCUT2D eigenvalue weighted by atomic mass is 10.2. The fourth-order valence-electron chi connectivity index (χ4n) is 1.34. The van der Waals surface area contributed by atoms with Gasteiger partial charge < -0.3 is 11.1 Å². The van der Waals surface area contributed by atoms with Gasteiger partial charge in [0.15, 0.2) is 5.17 Å². The van der Waals surface area contributed by atoms with Gasteiger partial charge in [-0.05, 0) is 19.3 Å². The average molecular weight is 229 g/mol. The normalized spacial score (nSPS) is 23.0. The van der Waals surface area contributed by atoms with Gasteiger partial charge in [0.25, 0.3) is 0 Å². The Morgan fingerprint density at radius 1 is 1.67 bits per heavy atom. The Morgan fingerprint density at radius 3 is 3.07 bits per heavy atom. The molecule has 15 heavy (non-hydrogen) atoms. The topological polar surface area (TPSA) is 67.5 Å². The van der Waals surface area contributed by atoms with Gasteiger partial charge in [-0.2, -0.15) is 0 Å². The Labute approximate surface area is 95.1 Å². The molecule has 1 saturated heterocycles. The first-order valence-corrected chi connectivity index (χ1v) is 6.43. The maximum Gasteiger partial charge on any atom is 0.217 e. The second-order valence-corrected chi connectivity index (χ2v) is 4.68. The number of aliphatic imine (C=N–C) groups is 1. The molecule has 4 nitrogen and oxygen atoms in total. The predicted molar refractivity (Wildman–Crippen MR) is 65.0 cm³/mol. The standard InChI is InChI=1S/C10H19N3OS/c1-2-8-7-15-10(13-8)12-6-4-3-5-9(11)14/h8H,2-7H2,1H3,(H2,11,14)(H,12,13). The summed E-state index contributed by atoms with van der Waals surface area (Å²) in [6.07, 6.45) is 3.40. The van der Waals surface area contributed by atoms with Crippen molar-refractivity contribution in [3.05, 3.63) is 0 Å². The molecule has 0 aromatic carbocycles. The molecular weight excluding hydrogens is 210 g/mol. The molecule has 3 N–H and O–H groups in total. The van der Waals surface area contributed by atoms with E-state index >= 15 is 0 Å². The Bertz CT molecular complexity index is 243. The van der Waals surface area contributed by atoms with E-state index in [2.05, 4.69) is 17.2 Å². The van der Waals surface area contributed by atoms with Crippen LogP contribution in [0.3, 0.4) is 0 Å². The first-order chi connectivity index (χ1) is 7.22. The summed E-state index contributed by atoms with van der Waals surface area (Å²) in [5.41, 5.74) is 5.04. The molecule has 0 bridgehead atoms. The second-order valence-electron chi connectivity index (χ2n) is 3.67. The number of hydrogen-bond donors (Lipinski definition) is 2. The van der Waals surface area contributed by atoms with Crippen LogP contribution in [0.1, 0.15) is 32.6 Å². The van der Waals surface area contributed by atoms with Crippen LogP contribution in [-0.2, 0) is 4.79 Å². The van der Waals surface area contributed by atoms with Crippen molar-refractivity contribution in [2.24, 2.45) is 10.7 Å². The van der Waals surface area contributed by atoms with Crippen LogP contribution >= 0.6 is 11.8 Å². The number of carbonyl (C=O) groups excluding carboxylic acids is 1. The van der Waals surface area contributed by atoms with Gasteiger partial charge in [0, 0.05) is 24.8 Å². The van der Waals surface area contributed by atoms with Crippen LogP contribution < -0.4 is 11.1 Å². The molecule has 1 aliphatic rings. The van der Waals surface area contributed by atoms with Crippen LogP contribution in [0.2, 0.25) is 0 Å². The number of hydrogen-bond acceptors (Lipinski definition) is 3. The number of primary amides is 1. The van der Waals surface area contributed by atoms with E-state index in [1.807, 2.05) is 0 Å². The third-order valence-corrected chi connectivity index (χ3v) is 3.42. The van der Waals surface area contributed by atoms with E-state index in [-0.39, 0.29) is 5.91 Å². The Kier molecular flexibility index (Phi) is 5.53. The van der Waals surface area contributed by atoms with Gasteiger partial charge in [-0.25, -0.2) is 0 Å². The molecule has 1 unspecified atom stereocenters. The number of carbonyl (C=O) groups is 1. The minimum absolute atomic E-state index is 0.220. The monoisotopic (exact) mass is 229 g/mol. The third-order valence-electron chi connectivity index (χ3n) is 2.33. The fraction of sp³-hybridized carbons (Fsp3) is 0.800. The lowest BCUT2D eigenvalue weighted by molar-refractivity contribution is -0.118. The summed E-state index contributed by atoms with van der Waals surface area (Å²) in [6.45, 7) is 2.97. The molecular formula is C10H19N3OS. The SMILES string of the molecule is CCC1CSC(=NCCCCC(N)=O)N1. The van der Waals surface area contributed by atoms with Crippen molar-refractivity contribution in [1.29, 1.82) is 0 Å². The molecule has 1 aliphatic heterocycles. The highest BCUT2D eigenvalue weighted by molar-refractivity contribution is 8.14. The highest BCUT2D eigenvalue weighted by atomic mass is 32.2. The number of amides is 1. The average Bonchev–Trinajstić information content (AvgIpc) is 2.65. The van der Waals surface area contributed by atoms with E-state index in [1.165, 1.54) is 0 Å². The van der Waals surface area contributed by atoms with Crippen molar-refractivity contribution < 1.29 is 4.79 Å². The minimum atomic E-state index is -0.220. The molecule has 1 amide bonds. The number of nitrogens with one attached hydrogen (secondary N) is 1. The van der Waals surface area contributed by atoms with Gasteiger partial charge in [-0.1, -0.05) is 18.7 Å². The largest absolute Gasteiger partial charge is 0.370 e. The van der Waals surface area contributed by atoms with Gasteiger partial charge in [-0.3, -0.25) is 9.79 Å². The van der Waals surface area contributed by atoms with Crippen LogP contribution in [0.5, 0.6) is 0 Å². The molecule has 0 aromatic rings. The van der Waals surface area contributed by atoms with Crippen LogP contribution in [0.4, 0.5) is 0 Å². The number of unbranched alkanes of at least 4 members (excludes halogenated alkanes) is 1. The lowest BCUT2D eigenvalue weighted by Crippen LogP contribution is -2.25. The van der Waals surface area contributed by atoms with E-state index in [0.717, 1.165) is 36.7 Å². The molecule has 1 atom stereocenters. The van der Waals surface area contributed by atoms with Crippen LogP contribution in [0.15, 0.2) is 4.99 Å². The smallest absolute Gasteiger partial charge is 0.217 e. The molecule has 0 spiro atoms. The molecule has 1 rings (SSSR count). The molecule has 0 aromatic heterocycles. The summed E-state index contributed by atoms with van der Waals surface area (Å²) in [5.74, 6) is 0.901. The molecule has 0 aliphatic carbocycles. The number of amidine groups is 1. The van der Waals surface area contributed by atoms with E-state index < -0.39 is 0 Å². The van der Waals surface area contributed by atoms with Crippen molar-refractivity contribution in [3.8, 4) is 0 Å². The van der Waals surface area contributed by atoms with E-state index in [4.69, 9.17) is 5.73 Å². The summed E-state index contributed by atoms with van der Waals surface area (Å²) >= 11 is 1.79. The Hall–Kier alpha value is -0.710.